The lowest BCUT2D eigenvalue weighted by molar-refractivity contribution is -0.120. The molecule has 2 amide bonds. The van der Waals surface area contributed by atoms with Crippen LogP contribution in [-0.2, 0) is 9.59 Å². The van der Waals surface area contributed by atoms with Gasteiger partial charge in [0.15, 0.2) is 0 Å². The smallest absolute Gasteiger partial charge is 0.282 e. The van der Waals surface area contributed by atoms with E-state index in [0.29, 0.717) is 31.9 Å². The quantitative estimate of drug-likeness (QED) is 0.498. The van der Waals surface area contributed by atoms with Crippen LogP contribution < -0.4 is 10.2 Å². The van der Waals surface area contributed by atoms with E-state index in [1.807, 2.05) is 37.4 Å². The van der Waals surface area contributed by atoms with Gasteiger partial charge in [-0.25, -0.2) is 4.90 Å². The maximum Gasteiger partial charge on any atom is 0.282 e. The lowest BCUT2D eigenvalue weighted by Crippen LogP contribution is -2.32. The van der Waals surface area contributed by atoms with Gasteiger partial charge in [-0.05, 0) is 60.7 Å². The van der Waals surface area contributed by atoms with Crippen molar-refractivity contribution in [2.24, 2.45) is 0 Å². The van der Waals surface area contributed by atoms with Crippen LogP contribution in [0.4, 0.5) is 11.4 Å². The molecule has 4 nitrogen and oxygen atoms in total. The fraction of sp³-hybridized carbons (Fsp3) is 0.0909. The molecule has 1 aliphatic rings. The zero-order valence-electron chi connectivity index (χ0n) is 15.6. The number of carbonyl (C=O) groups excluding carboxylic acids is 2. The second-order valence-corrected chi connectivity index (χ2v) is 8.48. The maximum atomic E-state index is 13.3. The highest BCUT2D eigenvalue weighted by molar-refractivity contribution is 7.11. The SMILES string of the molecule is Cc1ccc(N2C(=O)C(Nc3cc(Cl)ccc3C)=C(c3cccs3)C2=O)cc1Cl. The van der Waals surface area contributed by atoms with Crippen LogP contribution in [0.2, 0.25) is 10.0 Å². The minimum absolute atomic E-state index is 0.222. The van der Waals surface area contributed by atoms with Crippen molar-refractivity contribution in [3.8, 4) is 0 Å². The maximum absolute atomic E-state index is 13.3. The summed E-state index contributed by atoms with van der Waals surface area (Å²) in [5.74, 6) is -0.822. The molecule has 7 heteroatoms. The highest BCUT2D eigenvalue weighted by Crippen LogP contribution is 2.37. The van der Waals surface area contributed by atoms with Gasteiger partial charge in [0.1, 0.15) is 5.70 Å². The average Bonchev–Trinajstić information content (AvgIpc) is 3.28. The Morgan fingerprint density at radius 3 is 2.38 bits per heavy atom. The van der Waals surface area contributed by atoms with E-state index >= 15 is 0 Å². The van der Waals surface area contributed by atoms with Gasteiger partial charge in [0, 0.05) is 20.6 Å². The van der Waals surface area contributed by atoms with E-state index in [-0.39, 0.29) is 11.6 Å². The fourth-order valence-electron chi connectivity index (χ4n) is 3.11. The molecule has 0 fully saturated rings. The number of halogens is 2. The Hall–Kier alpha value is -2.60. The first-order valence-electron chi connectivity index (χ1n) is 8.83. The second-order valence-electron chi connectivity index (χ2n) is 6.69. The number of hydrogen-bond acceptors (Lipinski definition) is 4. The largest absolute Gasteiger partial charge is 0.350 e. The van der Waals surface area contributed by atoms with Crippen LogP contribution in [0.1, 0.15) is 16.0 Å². The van der Waals surface area contributed by atoms with E-state index in [0.717, 1.165) is 16.0 Å². The van der Waals surface area contributed by atoms with Crippen molar-refractivity contribution in [1.82, 2.24) is 0 Å². The third-order valence-corrected chi connectivity index (χ3v) is 6.25. The summed E-state index contributed by atoms with van der Waals surface area (Å²) in [5, 5.41) is 6.05. The first-order chi connectivity index (χ1) is 13.9. The van der Waals surface area contributed by atoms with Gasteiger partial charge < -0.3 is 5.32 Å². The molecule has 2 aromatic carbocycles. The Morgan fingerprint density at radius 2 is 1.69 bits per heavy atom. The van der Waals surface area contributed by atoms with Crippen LogP contribution in [0.3, 0.4) is 0 Å². The number of benzene rings is 2. The van der Waals surface area contributed by atoms with Crippen LogP contribution in [-0.4, -0.2) is 11.8 Å². The molecule has 4 rings (SSSR count). The summed E-state index contributed by atoms with van der Waals surface area (Å²) in [4.78, 5) is 28.5. The molecule has 0 saturated carbocycles. The number of aryl methyl sites for hydroxylation is 2. The predicted octanol–water partition coefficient (Wildman–Crippen LogP) is 6.07. The van der Waals surface area contributed by atoms with Gasteiger partial charge >= 0.3 is 0 Å². The van der Waals surface area contributed by atoms with Crippen molar-refractivity contribution in [2.75, 3.05) is 10.2 Å². The minimum Gasteiger partial charge on any atom is -0.350 e. The van der Waals surface area contributed by atoms with E-state index in [1.54, 1.807) is 30.3 Å². The lowest BCUT2D eigenvalue weighted by atomic mass is 10.1. The van der Waals surface area contributed by atoms with Crippen LogP contribution in [0.25, 0.3) is 5.57 Å². The summed E-state index contributed by atoms with van der Waals surface area (Å²) in [6, 6.07) is 14.2. The molecule has 0 unspecified atom stereocenters. The van der Waals surface area contributed by atoms with E-state index in [2.05, 4.69) is 5.32 Å². The van der Waals surface area contributed by atoms with Crippen LogP contribution in [0.5, 0.6) is 0 Å². The Labute approximate surface area is 182 Å². The van der Waals surface area contributed by atoms with Crippen LogP contribution in [0, 0.1) is 13.8 Å². The molecule has 1 aromatic heterocycles. The second kappa shape index (κ2) is 7.67. The molecule has 0 aliphatic carbocycles. The van der Waals surface area contributed by atoms with Crippen molar-refractivity contribution in [3.63, 3.8) is 0 Å². The summed E-state index contributed by atoms with van der Waals surface area (Å²) in [5.41, 5.74) is 3.44. The number of anilines is 2. The first-order valence-corrected chi connectivity index (χ1v) is 10.5. The third kappa shape index (κ3) is 3.57. The van der Waals surface area contributed by atoms with Crippen LogP contribution in [0.15, 0.2) is 59.6 Å². The third-order valence-electron chi connectivity index (χ3n) is 4.72. The summed E-state index contributed by atoms with van der Waals surface area (Å²) >= 11 is 13.8. The van der Waals surface area contributed by atoms with Crippen molar-refractivity contribution in [3.05, 3.63) is 85.7 Å². The molecular weight excluding hydrogens is 427 g/mol. The molecule has 146 valence electrons. The fourth-order valence-corrected chi connectivity index (χ4v) is 4.23. The molecule has 1 N–H and O–H groups in total. The highest BCUT2D eigenvalue weighted by atomic mass is 35.5. The number of amides is 2. The monoisotopic (exact) mass is 442 g/mol. The number of imide groups is 1. The summed E-state index contributed by atoms with van der Waals surface area (Å²) in [6.45, 7) is 3.77. The van der Waals surface area contributed by atoms with Gasteiger partial charge in [0.05, 0.1) is 11.3 Å². The zero-order valence-corrected chi connectivity index (χ0v) is 18.0. The summed E-state index contributed by atoms with van der Waals surface area (Å²) in [6.07, 6.45) is 0. The number of thiophene rings is 1. The molecule has 2 heterocycles. The predicted molar refractivity (Wildman–Crippen MR) is 120 cm³/mol. The zero-order chi connectivity index (χ0) is 20.7. The molecule has 3 aromatic rings. The normalized spacial score (nSPS) is 14.1. The Balaban J connectivity index is 1.82. The highest BCUT2D eigenvalue weighted by Gasteiger charge is 2.41. The number of nitrogens with one attached hydrogen (secondary N) is 1. The molecule has 29 heavy (non-hydrogen) atoms. The molecule has 0 bridgehead atoms. The molecule has 1 aliphatic heterocycles. The van der Waals surface area contributed by atoms with Gasteiger partial charge in [0.25, 0.3) is 11.8 Å². The van der Waals surface area contributed by atoms with E-state index in [1.165, 1.54) is 11.3 Å². The van der Waals surface area contributed by atoms with E-state index in [9.17, 15) is 9.59 Å². The number of rotatable bonds is 4. The molecule has 0 radical (unpaired) electrons. The van der Waals surface area contributed by atoms with E-state index < -0.39 is 5.91 Å². The van der Waals surface area contributed by atoms with Gasteiger partial charge in [-0.15, -0.1) is 11.3 Å². The first kappa shape index (κ1) is 19.7. The Morgan fingerprint density at radius 1 is 0.931 bits per heavy atom. The summed E-state index contributed by atoms with van der Waals surface area (Å²) in [7, 11) is 0. The van der Waals surface area contributed by atoms with E-state index in [4.69, 9.17) is 23.2 Å². The number of hydrogen-bond donors (Lipinski definition) is 1. The Bertz CT molecular complexity index is 1170. The van der Waals surface area contributed by atoms with Gasteiger partial charge in [-0.3, -0.25) is 9.59 Å². The standard InChI is InChI=1S/C22H16Cl2N2O2S/c1-12-6-8-15(11-16(12)24)26-21(27)19(18-4-3-9-29-18)20(22(26)28)25-17-10-14(23)7-5-13(17)2/h3-11,25H,1-2H3. The van der Waals surface area contributed by atoms with Crippen LogP contribution >= 0.6 is 34.5 Å². The van der Waals surface area contributed by atoms with Crippen molar-refractivity contribution in [1.29, 1.82) is 0 Å². The summed E-state index contributed by atoms with van der Waals surface area (Å²) < 4.78 is 0. The Kier molecular flexibility index (Phi) is 5.21. The molecule has 0 spiro atoms. The number of nitrogens with zero attached hydrogens (tertiary/aromatic N) is 1. The average molecular weight is 443 g/mol. The van der Waals surface area contributed by atoms with Gasteiger partial charge in [-0.2, -0.15) is 0 Å². The van der Waals surface area contributed by atoms with Crippen molar-refractivity contribution in [2.45, 2.75) is 13.8 Å². The molecular formula is C22H16Cl2N2O2S. The molecule has 0 saturated heterocycles. The van der Waals surface area contributed by atoms with Crippen molar-refractivity contribution >= 4 is 63.3 Å². The topological polar surface area (TPSA) is 49.4 Å². The number of carbonyl (C=O) groups is 2. The van der Waals surface area contributed by atoms with Gasteiger partial charge in [-0.1, -0.05) is 41.4 Å². The molecule has 0 atom stereocenters. The minimum atomic E-state index is -0.433. The lowest BCUT2D eigenvalue weighted by Gasteiger charge is -2.16. The van der Waals surface area contributed by atoms with Gasteiger partial charge in [0.2, 0.25) is 0 Å². The van der Waals surface area contributed by atoms with Crippen molar-refractivity contribution < 1.29 is 9.59 Å².